The van der Waals surface area contributed by atoms with Crippen LogP contribution in [0.5, 0.6) is 0 Å². The van der Waals surface area contributed by atoms with Crippen molar-refractivity contribution in [1.29, 1.82) is 0 Å². The quantitative estimate of drug-likeness (QED) is 0.689. The summed E-state index contributed by atoms with van der Waals surface area (Å²) < 4.78 is 0. The predicted octanol–water partition coefficient (Wildman–Crippen LogP) is 1.59. The summed E-state index contributed by atoms with van der Waals surface area (Å²) >= 11 is 0. The number of aryl methyl sites for hydroxylation is 2. The molecule has 1 atom stereocenters. The molecule has 1 rings (SSSR count). The fraction of sp³-hybridized carbons (Fsp3) is 0.364. The predicted molar refractivity (Wildman–Crippen MR) is 54.3 cm³/mol. The fourth-order valence-electron chi connectivity index (χ4n) is 1.33. The minimum absolute atomic E-state index is 0.0828. The summed E-state index contributed by atoms with van der Waals surface area (Å²) in [6.07, 6.45) is 7.21. The molecule has 1 aromatic rings. The average Bonchev–Trinajstić information content (AvgIpc) is 2.10. The second-order valence-electron chi connectivity index (χ2n) is 3.10. The molecule has 0 fully saturated rings. The molecule has 13 heavy (non-hydrogen) atoms. The molecule has 0 spiro atoms. The lowest BCUT2D eigenvalue weighted by atomic mass is 10.1. The highest BCUT2D eigenvalue weighted by molar-refractivity contribution is 5.29. The van der Waals surface area contributed by atoms with Crippen LogP contribution in [0.1, 0.15) is 22.9 Å². The molecule has 1 N–H and O–H groups in total. The van der Waals surface area contributed by atoms with Gasteiger partial charge in [-0.1, -0.05) is 12.0 Å². The van der Waals surface area contributed by atoms with Crippen LogP contribution in [-0.2, 0) is 0 Å². The van der Waals surface area contributed by atoms with Crippen molar-refractivity contribution in [2.24, 2.45) is 0 Å². The molecule has 0 aliphatic carbocycles. The topological polar surface area (TPSA) is 24.9 Å². The van der Waals surface area contributed by atoms with E-state index in [1.807, 2.05) is 27.1 Å². The summed E-state index contributed by atoms with van der Waals surface area (Å²) in [5.41, 5.74) is 3.24. The van der Waals surface area contributed by atoms with E-state index < -0.39 is 0 Å². The van der Waals surface area contributed by atoms with Gasteiger partial charge in [-0.3, -0.25) is 4.98 Å². The van der Waals surface area contributed by atoms with Gasteiger partial charge in [-0.25, -0.2) is 0 Å². The Kier molecular flexibility index (Phi) is 3.05. The van der Waals surface area contributed by atoms with Crippen molar-refractivity contribution in [3.8, 4) is 12.3 Å². The zero-order valence-electron chi connectivity index (χ0n) is 8.26. The summed E-state index contributed by atoms with van der Waals surface area (Å²) in [5.74, 6) is 2.65. The van der Waals surface area contributed by atoms with E-state index in [4.69, 9.17) is 6.42 Å². The number of hydrogen-bond donors (Lipinski definition) is 1. The van der Waals surface area contributed by atoms with Gasteiger partial charge >= 0.3 is 0 Å². The van der Waals surface area contributed by atoms with Gasteiger partial charge in [0.05, 0.1) is 5.69 Å². The maximum Gasteiger partial charge on any atom is 0.111 e. The minimum atomic E-state index is -0.0828. The highest BCUT2D eigenvalue weighted by Crippen LogP contribution is 2.14. The Morgan fingerprint density at radius 2 is 2.23 bits per heavy atom. The number of nitrogens with zero attached hydrogens (tertiary/aromatic N) is 1. The van der Waals surface area contributed by atoms with Gasteiger partial charge in [0.1, 0.15) is 6.04 Å². The first-order valence-corrected chi connectivity index (χ1v) is 4.25. The molecule has 1 unspecified atom stereocenters. The molecule has 0 bridgehead atoms. The summed E-state index contributed by atoms with van der Waals surface area (Å²) in [4.78, 5) is 4.31. The largest absolute Gasteiger partial charge is 0.302 e. The lowest BCUT2D eigenvalue weighted by molar-refractivity contribution is 0.707. The first kappa shape index (κ1) is 9.76. The Balaban J connectivity index is 3.09. The van der Waals surface area contributed by atoms with E-state index >= 15 is 0 Å². The summed E-state index contributed by atoms with van der Waals surface area (Å²) in [6.45, 7) is 4.05. The Labute approximate surface area is 79.4 Å². The smallest absolute Gasteiger partial charge is 0.111 e. The number of hydrogen-bond acceptors (Lipinski definition) is 2. The van der Waals surface area contributed by atoms with Gasteiger partial charge in [0, 0.05) is 6.20 Å². The second-order valence-corrected chi connectivity index (χ2v) is 3.10. The lowest BCUT2D eigenvalue weighted by Crippen LogP contribution is -2.16. The molecule has 68 valence electrons. The van der Waals surface area contributed by atoms with Gasteiger partial charge in [-0.15, -0.1) is 6.42 Å². The Hall–Kier alpha value is -1.33. The van der Waals surface area contributed by atoms with E-state index in [0.717, 1.165) is 16.8 Å². The van der Waals surface area contributed by atoms with Gasteiger partial charge in [0.15, 0.2) is 0 Å². The Morgan fingerprint density at radius 1 is 1.54 bits per heavy atom. The molecule has 0 saturated heterocycles. The number of aromatic nitrogens is 1. The third-order valence-corrected chi connectivity index (χ3v) is 1.98. The Morgan fingerprint density at radius 3 is 2.69 bits per heavy atom. The van der Waals surface area contributed by atoms with Gasteiger partial charge in [-0.2, -0.15) is 0 Å². The van der Waals surface area contributed by atoms with Crippen molar-refractivity contribution in [3.05, 3.63) is 29.1 Å². The molecule has 0 amide bonds. The summed E-state index contributed by atoms with van der Waals surface area (Å²) in [5, 5.41) is 3.03. The van der Waals surface area contributed by atoms with Crippen LogP contribution in [0.2, 0.25) is 0 Å². The fourth-order valence-corrected chi connectivity index (χ4v) is 1.33. The van der Waals surface area contributed by atoms with Crippen LogP contribution < -0.4 is 5.32 Å². The van der Waals surface area contributed by atoms with E-state index in [1.165, 1.54) is 0 Å². The maximum absolute atomic E-state index is 5.37. The molecule has 0 aliphatic heterocycles. The number of rotatable bonds is 2. The van der Waals surface area contributed by atoms with E-state index in [2.05, 4.69) is 22.3 Å². The molecule has 0 saturated carbocycles. The SMILES string of the molecule is C#CC(NC)c1ncc(C)cc1C. The molecule has 1 aromatic heterocycles. The summed E-state index contributed by atoms with van der Waals surface area (Å²) in [7, 11) is 1.84. The lowest BCUT2D eigenvalue weighted by Gasteiger charge is -2.11. The van der Waals surface area contributed by atoms with E-state index in [-0.39, 0.29) is 6.04 Å². The average molecular weight is 174 g/mol. The van der Waals surface area contributed by atoms with Crippen LogP contribution in [0.25, 0.3) is 0 Å². The second kappa shape index (κ2) is 4.06. The van der Waals surface area contributed by atoms with E-state index in [9.17, 15) is 0 Å². The van der Waals surface area contributed by atoms with Crippen molar-refractivity contribution in [2.45, 2.75) is 19.9 Å². The highest BCUT2D eigenvalue weighted by Gasteiger charge is 2.09. The van der Waals surface area contributed by atoms with Gasteiger partial charge in [-0.05, 0) is 32.0 Å². The summed E-state index contributed by atoms with van der Waals surface area (Å²) in [6, 6.07) is 2.00. The van der Waals surface area contributed by atoms with Crippen LogP contribution in [0, 0.1) is 26.2 Å². The van der Waals surface area contributed by atoms with Crippen LogP contribution in [-0.4, -0.2) is 12.0 Å². The third-order valence-electron chi connectivity index (χ3n) is 1.98. The maximum atomic E-state index is 5.37. The van der Waals surface area contributed by atoms with Crippen molar-refractivity contribution >= 4 is 0 Å². The standard InChI is InChI=1S/C11H14N2/c1-5-10(12-4)11-9(3)6-8(2)7-13-11/h1,6-7,10,12H,2-4H3. The molecule has 2 nitrogen and oxygen atoms in total. The monoisotopic (exact) mass is 174 g/mol. The molecule has 2 heteroatoms. The van der Waals surface area contributed by atoms with Crippen molar-refractivity contribution in [3.63, 3.8) is 0 Å². The molecule has 0 radical (unpaired) electrons. The number of nitrogens with one attached hydrogen (secondary N) is 1. The van der Waals surface area contributed by atoms with Gasteiger partial charge in [0.25, 0.3) is 0 Å². The van der Waals surface area contributed by atoms with Gasteiger partial charge in [0.2, 0.25) is 0 Å². The zero-order chi connectivity index (χ0) is 9.84. The molecule has 0 aliphatic rings. The van der Waals surface area contributed by atoms with E-state index in [0.29, 0.717) is 0 Å². The van der Waals surface area contributed by atoms with Crippen molar-refractivity contribution in [1.82, 2.24) is 10.3 Å². The highest BCUT2D eigenvalue weighted by atomic mass is 14.9. The normalized spacial score (nSPS) is 12.2. The number of terminal acetylenes is 1. The minimum Gasteiger partial charge on any atom is -0.302 e. The zero-order valence-corrected chi connectivity index (χ0v) is 8.26. The Bertz CT molecular complexity index is 336. The van der Waals surface area contributed by atoms with Crippen molar-refractivity contribution in [2.75, 3.05) is 7.05 Å². The first-order chi connectivity index (χ1) is 6.19. The molecule has 1 heterocycles. The van der Waals surface area contributed by atoms with Crippen LogP contribution in [0.4, 0.5) is 0 Å². The van der Waals surface area contributed by atoms with Crippen LogP contribution in [0.15, 0.2) is 12.3 Å². The third kappa shape index (κ3) is 2.07. The van der Waals surface area contributed by atoms with E-state index in [1.54, 1.807) is 0 Å². The van der Waals surface area contributed by atoms with Crippen LogP contribution >= 0.6 is 0 Å². The van der Waals surface area contributed by atoms with Crippen molar-refractivity contribution < 1.29 is 0 Å². The number of pyridine rings is 1. The molecule has 0 aromatic carbocycles. The molecular formula is C11H14N2. The van der Waals surface area contributed by atoms with Gasteiger partial charge < -0.3 is 5.32 Å². The first-order valence-electron chi connectivity index (χ1n) is 4.25. The van der Waals surface area contributed by atoms with Crippen LogP contribution in [0.3, 0.4) is 0 Å². The molecular weight excluding hydrogens is 160 g/mol.